The molecular weight excluding hydrogens is 234 g/mol. The number of nitriles is 1. The molecule has 1 aromatic rings. The molecule has 0 heterocycles. The Kier molecular flexibility index (Phi) is 3.81. The Morgan fingerprint density at radius 3 is 2.67 bits per heavy atom. The van der Waals surface area contributed by atoms with Gasteiger partial charge in [0.05, 0.1) is 11.6 Å². The van der Waals surface area contributed by atoms with Crippen LogP contribution < -0.4 is 5.32 Å². The van der Waals surface area contributed by atoms with E-state index in [1.165, 1.54) is 0 Å². The summed E-state index contributed by atoms with van der Waals surface area (Å²) in [4.78, 5) is 0. The summed E-state index contributed by atoms with van der Waals surface area (Å²) in [5, 5.41) is 11.8. The molecule has 4 heteroatoms. The molecule has 1 aliphatic carbocycles. The van der Waals surface area contributed by atoms with Crippen LogP contribution in [0.25, 0.3) is 0 Å². The van der Waals surface area contributed by atoms with E-state index in [-0.39, 0.29) is 18.8 Å². The molecule has 0 bridgehead atoms. The third-order valence-electron chi connectivity index (χ3n) is 3.35. The average Bonchev–Trinajstić information content (AvgIpc) is 2.36. The van der Waals surface area contributed by atoms with Gasteiger partial charge in [-0.05, 0) is 43.0 Å². The third kappa shape index (κ3) is 3.43. The zero-order valence-corrected chi connectivity index (χ0v) is 10.1. The van der Waals surface area contributed by atoms with Gasteiger partial charge in [0.25, 0.3) is 0 Å². The first-order valence-corrected chi connectivity index (χ1v) is 6.21. The fraction of sp³-hybridized carbons (Fsp3) is 0.500. The van der Waals surface area contributed by atoms with Crippen molar-refractivity contribution in [3.63, 3.8) is 0 Å². The van der Waals surface area contributed by atoms with Crippen LogP contribution in [-0.2, 0) is 0 Å². The molecule has 1 unspecified atom stereocenters. The van der Waals surface area contributed by atoms with Crippen LogP contribution in [-0.4, -0.2) is 12.5 Å². The molecule has 0 saturated heterocycles. The van der Waals surface area contributed by atoms with Crippen molar-refractivity contribution in [1.82, 2.24) is 0 Å². The fourth-order valence-corrected chi connectivity index (χ4v) is 2.37. The summed E-state index contributed by atoms with van der Waals surface area (Å²) in [5.74, 6) is -2.46. The first-order valence-electron chi connectivity index (χ1n) is 6.21. The minimum Gasteiger partial charge on any atom is -0.385 e. The number of nitrogens with zero attached hydrogens (tertiary/aromatic N) is 1. The fourth-order valence-electron chi connectivity index (χ4n) is 2.37. The highest BCUT2D eigenvalue weighted by atomic mass is 19.3. The molecule has 1 atom stereocenters. The van der Waals surface area contributed by atoms with E-state index in [1.807, 2.05) is 6.07 Å². The van der Waals surface area contributed by atoms with Crippen molar-refractivity contribution in [1.29, 1.82) is 5.26 Å². The number of halogens is 2. The maximum atomic E-state index is 13.2. The first-order chi connectivity index (χ1) is 8.59. The van der Waals surface area contributed by atoms with Crippen molar-refractivity contribution in [2.45, 2.75) is 31.6 Å². The van der Waals surface area contributed by atoms with Gasteiger partial charge in [-0.3, -0.25) is 0 Å². The van der Waals surface area contributed by atoms with E-state index in [1.54, 1.807) is 24.3 Å². The van der Waals surface area contributed by atoms with Crippen molar-refractivity contribution in [2.75, 3.05) is 11.9 Å². The predicted molar refractivity (Wildman–Crippen MR) is 66.6 cm³/mol. The summed E-state index contributed by atoms with van der Waals surface area (Å²) in [6.07, 6.45) is 1.47. The molecule has 1 saturated carbocycles. The molecule has 96 valence electrons. The largest absolute Gasteiger partial charge is 0.385 e. The smallest absolute Gasteiger partial charge is 0.248 e. The van der Waals surface area contributed by atoms with Gasteiger partial charge in [-0.15, -0.1) is 0 Å². The topological polar surface area (TPSA) is 35.8 Å². The van der Waals surface area contributed by atoms with E-state index in [0.717, 1.165) is 12.1 Å². The van der Waals surface area contributed by atoms with Gasteiger partial charge in [-0.1, -0.05) is 0 Å². The van der Waals surface area contributed by atoms with E-state index in [4.69, 9.17) is 5.26 Å². The van der Waals surface area contributed by atoms with E-state index in [9.17, 15) is 8.78 Å². The number of hydrogen-bond donors (Lipinski definition) is 1. The molecule has 1 fully saturated rings. The van der Waals surface area contributed by atoms with Crippen molar-refractivity contribution in [2.24, 2.45) is 5.92 Å². The van der Waals surface area contributed by atoms with Gasteiger partial charge in [0.2, 0.25) is 5.92 Å². The highest BCUT2D eigenvalue weighted by Crippen LogP contribution is 2.36. The average molecular weight is 250 g/mol. The van der Waals surface area contributed by atoms with E-state index in [2.05, 4.69) is 5.32 Å². The molecule has 0 aliphatic heterocycles. The molecule has 0 spiro atoms. The summed E-state index contributed by atoms with van der Waals surface area (Å²) in [5.41, 5.74) is 1.48. The van der Waals surface area contributed by atoms with Gasteiger partial charge in [-0.2, -0.15) is 5.26 Å². The number of hydrogen-bond acceptors (Lipinski definition) is 2. The number of rotatable bonds is 3. The molecule has 0 radical (unpaired) electrons. The van der Waals surface area contributed by atoms with Crippen LogP contribution in [0.1, 0.15) is 31.2 Å². The summed E-state index contributed by atoms with van der Waals surface area (Å²) >= 11 is 0. The lowest BCUT2D eigenvalue weighted by Crippen LogP contribution is -2.29. The molecular formula is C14H16F2N2. The van der Waals surface area contributed by atoms with Crippen molar-refractivity contribution in [3.05, 3.63) is 29.8 Å². The van der Waals surface area contributed by atoms with Gasteiger partial charge in [0.15, 0.2) is 0 Å². The second kappa shape index (κ2) is 5.34. The number of anilines is 1. The lowest BCUT2D eigenvalue weighted by atomic mass is 9.86. The maximum Gasteiger partial charge on any atom is 0.248 e. The highest BCUT2D eigenvalue weighted by Gasteiger charge is 2.35. The quantitative estimate of drug-likeness (QED) is 0.885. The summed E-state index contributed by atoms with van der Waals surface area (Å²) < 4.78 is 26.4. The van der Waals surface area contributed by atoms with Crippen LogP contribution in [0.5, 0.6) is 0 Å². The summed E-state index contributed by atoms with van der Waals surface area (Å²) in [7, 11) is 0. The van der Waals surface area contributed by atoms with Crippen LogP contribution in [0.2, 0.25) is 0 Å². The number of nitrogens with one attached hydrogen (secondary N) is 1. The monoisotopic (exact) mass is 250 g/mol. The lowest BCUT2D eigenvalue weighted by molar-refractivity contribution is -0.0502. The van der Waals surface area contributed by atoms with Crippen molar-refractivity contribution >= 4 is 5.69 Å². The minimum atomic E-state index is -2.49. The van der Waals surface area contributed by atoms with Crippen LogP contribution in [0, 0.1) is 17.2 Å². The van der Waals surface area contributed by atoms with Gasteiger partial charge < -0.3 is 5.32 Å². The van der Waals surface area contributed by atoms with E-state index < -0.39 is 5.92 Å². The van der Waals surface area contributed by atoms with Gasteiger partial charge in [0, 0.05) is 25.1 Å². The standard InChI is InChI=1S/C14H16F2N2/c15-14(16)7-1-2-12(8-14)10-18-13-5-3-11(9-17)4-6-13/h3-6,12,18H,1-2,7-8,10H2. The third-order valence-corrected chi connectivity index (χ3v) is 3.35. The number of alkyl halides is 2. The SMILES string of the molecule is N#Cc1ccc(NCC2CCCC(F)(F)C2)cc1. The van der Waals surface area contributed by atoms with E-state index >= 15 is 0 Å². The molecule has 1 aliphatic rings. The van der Waals surface area contributed by atoms with E-state index in [0.29, 0.717) is 18.5 Å². The molecule has 0 aromatic heterocycles. The van der Waals surface area contributed by atoms with Crippen molar-refractivity contribution in [3.8, 4) is 6.07 Å². The summed E-state index contributed by atoms with van der Waals surface area (Å²) in [6.45, 7) is 0.571. The number of benzene rings is 1. The van der Waals surface area contributed by atoms with Crippen LogP contribution in [0.15, 0.2) is 24.3 Å². The highest BCUT2D eigenvalue weighted by molar-refractivity contribution is 5.47. The Balaban J connectivity index is 1.85. The molecule has 2 nitrogen and oxygen atoms in total. The Hall–Kier alpha value is -1.63. The Labute approximate surface area is 106 Å². The molecule has 1 N–H and O–H groups in total. The minimum absolute atomic E-state index is 0.0176. The maximum absolute atomic E-state index is 13.2. The van der Waals surface area contributed by atoms with Crippen LogP contribution >= 0.6 is 0 Å². The molecule has 1 aromatic carbocycles. The molecule has 2 rings (SSSR count). The summed E-state index contributed by atoms with van der Waals surface area (Å²) in [6, 6.07) is 9.09. The molecule has 0 amide bonds. The second-order valence-electron chi connectivity index (χ2n) is 4.89. The van der Waals surface area contributed by atoms with Gasteiger partial charge in [0.1, 0.15) is 0 Å². The van der Waals surface area contributed by atoms with Gasteiger partial charge in [-0.25, -0.2) is 8.78 Å². The zero-order valence-electron chi connectivity index (χ0n) is 10.1. The predicted octanol–water partition coefficient (Wildman–Crippen LogP) is 3.80. The Morgan fingerprint density at radius 1 is 1.33 bits per heavy atom. The van der Waals surface area contributed by atoms with Crippen LogP contribution in [0.3, 0.4) is 0 Å². The van der Waals surface area contributed by atoms with Crippen molar-refractivity contribution < 1.29 is 8.78 Å². The Bertz CT molecular complexity index is 434. The lowest BCUT2D eigenvalue weighted by Gasteiger charge is -2.29. The first kappa shape index (κ1) is 12.8. The Morgan fingerprint density at radius 2 is 2.06 bits per heavy atom. The second-order valence-corrected chi connectivity index (χ2v) is 4.89. The molecule has 18 heavy (non-hydrogen) atoms. The normalized spacial score (nSPS) is 22.2. The zero-order chi connectivity index (χ0) is 13.0. The van der Waals surface area contributed by atoms with Crippen LogP contribution in [0.4, 0.5) is 14.5 Å². The van der Waals surface area contributed by atoms with Gasteiger partial charge >= 0.3 is 0 Å².